The second kappa shape index (κ2) is 7.10. The number of benzene rings is 2. The molecule has 0 heterocycles. The first-order valence-corrected chi connectivity index (χ1v) is 7.40. The number of aliphatic hydroxyl groups is 1. The SMILES string of the molecule is CNc1ccc([N+](=O)[O-])cc1CSc1ccc(CO)cc1. The third kappa shape index (κ3) is 3.96. The summed E-state index contributed by atoms with van der Waals surface area (Å²) in [5.74, 6) is 0.635. The predicted molar refractivity (Wildman–Crippen MR) is 84.6 cm³/mol. The Morgan fingerprint density at radius 3 is 2.52 bits per heavy atom. The molecule has 0 spiro atoms. The van der Waals surface area contributed by atoms with E-state index >= 15 is 0 Å². The highest BCUT2D eigenvalue weighted by Gasteiger charge is 2.10. The molecule has 0 unspecified atom stereocenters. The van der Waals surface area contributed by atoms with Crippen molar-refractivity contribution in [1.82, 2.24) is 0 Å². The summed E-state index contributed by atoms with van der Waals surface area (Å²) < 4.78 is 0. The lowest BCUT2D eigenvalue weighted by atomic mass is 10.2. The fraction of sp³-hybridized carbons (Fsp3) is 0.200. The van der Waals surface area contributed by atoms with Crippen molar-refractivity contribution < 1.29 is 10.0 Å². The molecule has 0 aliphatic carbocycles. The van der Waals surface area contributed by atoms with Crippen LogP contribution in [0, 0.1) is 10.1 Å². The van der Waals surface area contributed by atoms with E-state index in [9.17, 15) is 10.1 Å². The summed E-state index contributed by atoms with van der Waals surface area (Å²) in [6.07, 6.45) is 0. The molecule has 0 saturated carbocycles. The van der Waals surface area contributed by atoms with Gasteiger partial charge in [-0.15, -0.1) is 11.8 Å². The Labute approximate surface area is 127 Å². The number of nitrogens with one attached hydrogen (secondary N) is 1. The minimum atomic E-state index is -0.385. The quantitative estimate of drug-likeness (QED) is 0.486. The van der Waals surface area contributed by atoms with Gasteiger partial charge in [0.2, 0.25) is 0 Å². The number of nitrogens with zero attached hydrogens (tertiary/aromatic N) is 1. The first-order valence-electron chi connectivity index (χ1n) is 6.41. The molecule has 0 aromatic heterocycles. The Hall–Kier alpha value is -2.05. The van der Waals surface area contributed by atoms with E-state index in [1.807, 2.05) is 24.3 Å². The number of anilines is 1. The van der Waals surface area contributed by atoms with Crippen LogP contribution in [-0.2, 0) is 12.4 Å². The van der Waals surface area contributed by atoms with Gasteiger partial charge in [0.15, 0.2) is 0 Å². The predicted octanol–water partition coefficient (Wildman–Crippen LogP) is 3.42. The number of nitro benzene ring substituents is 1. The lowest BCUT2D eigenvalue weighted by Gasteiger charge is -2.09. The topological polar surface area (TPSA) is 75.4 Å². The molecule has 2 N–H and O–H groups in total. The van der Waals surface area contributed by atoms with E-state index < -0.39 is 0 Å². The molecular formula is C15H16N2O3S. The van der Waals surface area contributed by atoms with Crippen molar-refractivity contribution in [3.05, 3.63) is 63.7 Å². The monoisotopic (exact) mass is 304 g/mol. The van der Waals surface area contributed by atoms with Gasteiger partial charge in [-0.1, -0.05) is 12.1 Å². The van der Waals surface area contributed by atoms with E-state index in [1.165, 1.54) is 6.07 Å². The van der Waals surface area contributed by atoms with Crippen LogP contribution < -0.4 is 5.32 Å². The van der Waals surface area contributed by atoms with E-state index in [2.05, 4.69) is 5.32 Å². The molecule has 0 bridgehead atoms. The molecule has 6 heteroatoms. The van der Waals surface area contributed by atoms with Crippen LogP contribution in [0.25, 0.3) is 0 Å². The van der Waals surface area contributed by atoms with Gasteiger partial charge >= 0.3 is 0 Å². The maximum absolute atomic E-state index is 10.9. The molecule has 0 radical (unpaired) electrons. The first kappa shape index (κ1) is 15.3. The molecule has 0 aliphatic rings. The fourth-order valence-electron chi connectivity index (χ4n) is 1.91. The molecule has 0 fully saturated rings. The van der Waals surface area contributed by atoms with Crippen molar-refractivity contribution in [1.29, 1.82) is 0 Å². The van der Waals surface area contributed by atoms with Crippen molar-refractivity contribution in [2.45, 2.75) is 17.3 Å². The first-order chi connectivity index (χ1) is 10.1. The molecular weight excluding hydrogens is 288 g/mol. The fourth-order valence-corrected chi connectivity index (χ4v) is 2.80. The van der Waals surface area contributed by atoms with Gasteiger partial charge in [-0.3, -0.25) is 10.1 Å². The minimum absolute atomic E-state index is 0.0275. The Kier molecular flexibility index (Phi) is 5.19. The van der Waals surface area contributed by atoms with E-state index in [0.717, 1.165) is 21.7 Å². The molecule has 0 aliphatic heterocycles. The van der Waals surface area contributed by atoms with Gasteiger partial charge in [0.05, 0.1) is 11.5 Å². The molecule has 2 rings (SSSR count). The van der Waals surface area contributed by atoms with E-state index in [-0.39, 0.29) is 17.2 Å². The number of nitro groups is 1. The molecule has 0 saturated heterocycles. The van der Waals surface area contributed by atoms with Crippen LogP contribution in [0.15, 0.2) is 47.4 Å². The second-order valence-electron chi connectivity index (χ2n) is 4.44. The molecule has 2 aromatic rings. The summed E-state index contributed by atoms with van der Waals surface area (Å²) in [5.41, 5.74) is 2.74. The maximum atomic E-state index is 10.9. The van der Waals surface area contributed by atoms with E-state index in [0.29, 0.717) is 5.75 Å². The average Bonchev–Trinajstić information content (AvgIpc) is 2.53. The van der Waals surface area contributed by atoms with Gasteiger partial charge in [-0.25, -0.2) is 0 Å². The van der Waals surface area contributed by atoms with Crippen molar-refractivity contribution in [2.75, 3.05) is 12.4 Å². The highest BCUT2D eigenvalue weighted by atomic mass is 32.2. The lowest BCUT2D eigenvalue weighted by molar-refractivity contribution is -0.384. The number of hydrogen-bond acceptors (Lipinski definition) is 5. The number of rotatable bonds is 6. The summed E-state index contributed by atoms with van der Waals surface area (Å²) in [5, 5.41) is 22.9. The molecule has 2 aromatic carbocycles. The summed E-state index contributed by atoms with van der Waals surface area (Å²) in [6, 6.07) is 12.4. The van der Waals surface area contributed by atoms with Crippen molar-refractivity contribution in [3.8, 4) is 0 Å². The van der Waals surface area contributed by atoms with Gasteiger partial charge in [-0.05, 0) is 29.3 Å². The van der Waals surface area contributed by atoms with Gasteiger partial charge in [0.25, 0.3) is 5.69 Å². The van der Waals surface area contributed by atoms with Crippen LogP contribution in [0.1, 0.15) is 11.1 Å². The zero-order chi connectivity index (χ0) is 15.2. The Balaban J connectivity index is 2.13. The van der Waals surface area contributed by atoms with Crippen molar-refractivity contribution in [3.63, 3.8) is 0 Å². The van der Waals surface area contributed by atoms with Gasteiger partial charge in [-0.2, -0.15) is 0 Å². The zero-order valence-electron chi connectivity index (χ0n) is 11.6. The van der Waals surface area contributed by atoms with Crippen LogP contribution in [-0.4, -0.2) is 17.1 Å². The summed E-state index contributed by atoms with van der Waals surface area (Å²) in [4.78, 5) is 11.5. The van der Waals surface area contributed by atoms with Crippen LogP contribution >= 0.6 is 11.8 Å². The van der Waals surface area contributed by atoms with E-state index in [1.54, 1.807) is 30.9 Å². The summed E-state index contributed by atoms with van der Waals surface area (Å²) in [6.45, 7) is 0.0275. The summed E-state index contributed by atoms with van der Waals surface area (Å²) >= 11 is 1.60. The third-order valence-corrected chi connectivity index (χ3v) is 4.13. The number of hydrogen-bond donors (Lipinski definition) is 2. The van der Waals surface area contributed by atoms with Crippen LogP contribution in [0.2, 0.25) is 0 Å². The number of non-ortho nitro benzene ring substituents is 1. The standard InChI is InChI=1S/C15H16N2O3S/c1-16-15-7-4-13(17(19)20)8-12(15)10-21-14-5-2-11(9-18)3-6-14/h2-8,16,18H,9-10H2,1H3. The third-order valence-electron chi connectivity index (χ3n) is 3.07. The highest BCUT2D eigenvalue weighted by molar-refractivity contribution is 7.98. The van der Waals surface area contributed by atoms with Gasteiger partial charge in [0.1, 0.15) is 0 Å². The average molecular weight is 304 g/mol. The largest absolute Gasteiger partial charge is 0.392 e. The Bertz CT molecular complexity index is 629. The minimum Gasteiger partial charge on any atom is -0.392 e. The number of thioether (sulfide) groups is 1. The van der Waals surface area contributed by atoms with Gasteiger partial charge < -0.3 is 10.4 Å². The maximum Gasteiger partial charge on any atom is 0.269 e. The molecule has 0 amide bonds. The van der Waals surface area contributed by atoms with E-state index in [4.69, 9.17) is 5.11 Å². The molecule has 0 atom stereocenters. The Morgan fingerprint density at radius 1 is 1.24 bits per heavy atom. The van der Waals surface area contributed by atoms with Crippen molar-refractivity contribution >= 4 is 23.1 Å². The summed E-state index contributed by atoms with van der Waals surface area (Å²) in [7, 11) is 1.80. The Morgan fingerprint density at radius 2 is 1.95 bits per heavy atom. The zero-order valence-corrected chi connectivity index (χ0v) is 12.4. The van der Waals surface area contributed by atoms with Crippen LogP contribution in [0.3, 0.4) is 0 Å². The molecule has 110 valence electrons. The van der Waals surface area contributed by atoms with Crippen LogP contribution in [0.4, 0.5) is 11.4 Å². The normalized spacial score (nSPS) is 10.4. The van der Waals surface area contributed by atoms with Crippen LogP contribution in [0.5, 0.6) is 0 Å². The molecule has 21 heavy (non-hydrogen) atoms. The lowest BCUT2D eigenvalue weighted by Crippen LogP contribution is -1.96. The molecule has 5 nitrogen and oxygen atoms in total. The highest BCUT2D eigenvalue weighted by Crippen LogP contribution is 2.29. The van der Waals surface area contributed by atoms with Gasteiger partial charge in [0, 0.05) is 35.5 Å². The van der Waals surface area contributed by atoms with Crippen molar-refractivity contribution in [2.24, 2.45) is 0 Å². The number of aliphatic hydroxyl groups excluding tert-OH is 1. The smallest absolute Gasteiger partial charge is 0.269 e. The second-order valence-corrected chi connectivity index (χ2v) is 5.49.